The zero-order valence-electron chi connectivity index (χ0n) is 67.9. The first-order valence-electron chi connectivity index (χ1n) is 39.7. The van der Waals surface area contributed by atoms with Crippen molar-refractivity contribution in [2.45, 2.75) is 310 Å². The topological polar surface area (TPSA) is 347 Å². The Morgan fingerprint density at radius 3 is 1.41 bits per heavy atom. The van der Waals surface area contributed by atoms with Gasteiger partial charge in [0.15, 0.2) is 0 Å². The maximum absolute atomic E-state index is 15.7. The van der Waals surface area contributed by atoms with Crippen molar-refractivity contribution in [2.24, 2.45) is 35.5 Å². The summed E-state index contributed by atoms with van der Waals surface area (Å²) in [5.74, 6) is -10.1. The highest BCUT2D eigenvalue weighted by atomic mass is 16.5. The number of nitrogens with one attached hydrogen (secondary N) is 5. The van der Waals surface area contributed by atoms with Gasteiger partial charge < -0.3 is 80.6 Å². The van der Waals surface area contributed by atoms with E-state index in [-0.39, 0.29) is 81.5 Å². The normalized spacial score (nSPS) is 26.9. The molecule has 0 aromatic carbocycles. The number of ether oxygens (including phenoxy) is 2. The van der Waals surface area contributed by atoms with Crippen LogP contribution in [0.3, 0.4) is 0 Å². The summed E-state index contributed by atoms with van der Waals surface area (Å²) < 4.78 is 12.1. The van der Waals surface area contributed by atoms with Crippen LogP contribution in [0.5, 0.6) is 0 Å². The first-order valence-corrected chi connectivity index (χ1v) is 39.7. The van der Waals surface area contributed by atoms with Crippen LogP contribution in [0, 0.1) is 35.5 Å². The Hall–Kier alpha value is -6.52. The monoisotopic (exact) mass is 1500 g/mol. The van der Waals surface area contributed by atoms with Crippen molar-refractivity contribution in [1.29, 1.82) is 0 Å². The van der Waals surface area contributed by atoms with E-state index >= 15 is 43.2 Å². The lowest BCUT2D eigenvalue weighted by molar-refractivity contribution is -0.152. The summed E-state index contributed by atoms with van der Waals surface area (Å²) in [4.78, 5) is 192. The molecule has 0 aromatic rings. The van der Waals surface area contributed by atoms with E-state index in [1.54, 1.807) is 39.5 Å². The van der Waals surface area contributed by atoms with Gasteiger partial charge in [0.2, 0.25) is 70.9 Å². The Bertz CT molecular complexity index is 2870. The van der Waals surface area contributed by atoms with Crippen molar-refractivity contribution in [3.63, 3.8) is 0 Å². The molecule has 28 heteroatoms. The molecule has 7 N–H and O–H groups in total. The van der Waals surface area contributed by atoms with Gasteiger partial charge in [-0.05, 0) is 128 Å². The summed E-state index contributed by atoms with van der Waals surface area (Å²) in [7, 11) is 7.19. The number of aliphatic hydroxyl groups is 2. The summed E-state index contributed by atoms with van der Waals surface area (Å²) in [5, 5.41) is 36.1. The van der Waals surface area contributed by atoms with Crippen molar-refractivity contribution in [1.82, 2.24) is 60.9 Å². The number of hydrogen-bond donors (Lipinski definition) is 7. The molecule has 106 heavy (non-hydrogen) atoms. The molecular weight excluding hydrogens is 1360 g/mol. The molecule has 606 valence electrons. The molecule has 28 nitrogen and oxygen atoms in total. The predicted octanol–water partition coefficient (Wildman–Crippen LogP) is 4.92. The van der Waals surface area contributed by atoms with Crippen molar-refractivity contribution < 1.29 is 77.2 Å². The Morgan fingerprint density at radius 1 is 0.500 bits per heavy atom. The molecular formula is C78H138N12O16. The lowest BCUT2D eigenvalue weighted by Gasteiger charge is -2.39. The fourth-order valence-electron chi connectivity index (χ4n) is 14.8. The molecule has 2 heterocycles. The third-order valence-electron chi connectivity index (χ3n) is 21.2. The van der Waals surface area contributed by atoms with Crippen LogP contribution in [-0.4, -0.2) is 275 Å². The van der Waals surface area contributed by atoms with E-state index in [0.717, 1.165) is 75.5 Å². The molecule has 2 aliphatic heterocycles. The molecule has 2 saturated carbocycles. The van der Waals surface area contributed by atoms with E-state index in [2.05, 4.69) is 26.6 Å². The fraction of sp³-hybridized carbons (Fsp3) is 0.846. The van der Waals surface area contributed by atoms with Gasteiger partial charge in [-0.1, -0.05) is 133 Å². The Morgan fingerprint density at radius 2 is 0.934 bits per heavy atom. The first kappa shape index (κ1) is 91.9. The summed E-state index contributed by atoms with van der Waals surface area (Å²) >= 11 is 0. The molecule has 12 atom stereocenters. The maximum Gasteiger partial charge on any atom is 0.248 e. The smallest absolute Gasteiger partial charge is 0.248 e. The molecule has 4 rings (SSSR count). The molecule has 2 saturated heterocycles. The molecule has 2 aliphatic carbocycles. The Labute approximate surface area is 633 Å². The van der Waals surface area contributed by atoms with Crippen LogP contribution in [0.2, 0.25) is 0 Å². The highest BCUT2D eigenvalue weighted by Gasteiger charge is 2.45. The van der Waals surface area contributed by atoms with Crippen molar-refractivity contribution in [3.8, 4) is 0 Å². The Kier molecular flexibility index (Phi) is 38.3. The second-order valence-electron chi connectivity index (χ2n) is 33.5. The number of hydrogen-bond acceptors (Lipinski definition) is 16. The van der Waals surface area contributed by atoms with E-state index in [1.807, 2.05) is 48.5 Å². The van der Waals surface area contributed by atoms with Gasteiger partial charge in [-0.25, -0.2) is 0 Å². The lowest BCUT2D eigenvalue weighted by Crippen LogP contribution is -2.62. The standard InChI is InChI=1S/C78H138N12O16/c1-20-21-35-90-44-65(94)84(15)59(38-48(2)3)68(95)81-58(47-106-78(12,13)14)73(100)88(19)63(42-55-33-27-23-28-34-55)75(102)86(17)60(39-49(4)5)69(96)79-56(74(101)89-36-29-24-30-37-89)43-64(93)82-66(51(8)9)76(103)87(18)62(41-54-31-25-22-26-32-54)70(97)80-57(46-105-45-52(10)91)72(99)85(16)61(40-50(6)7)71(98)83-67(53(11)92)77(90)104/h48-63,66-67,91-92H,20-47H2,1-19H3,(H,79,96)(H,80,97)(H,81,95)(H,82,93)(H,83,98)/t52-,53-,56+,57+,58+,59+,60+,61+,62+,63+,66-,67+/m1/s1. The number of nitrogens with zero attached hydrogens (tertiary/aromatic N) is 7. The third kappa shape index (κ3) is 28.8. The van der Waals surface area contributed by atoms with Gasteiger partial charge in [0.05, 0.1) is 50.6 Å². The number of likely N-dealkylation sites (tertiary alicyclic amines) is 1. The van der Waals surface area contributed by atoms with E-state index in [0.29, 0.717) is 38.8 Å². The molecule has 12 amide bonds. The quantitative estimate of drug-likeness (QED) is 0.0756. The van der Waals surface area contributed by atoms with Gasteiger partial charge >= 0.3 is 0 Å². The van der Waals surface area contributed by atoms with Crippen LogP contribution in [0.4, 0.5) is 0 Å². The van der Waals surface area contributed by atoms with Gasteiger partial charge in [-0.15, -0.1) is 0 Å². The molecule has 0 bridgehead atoms. The Balaban J connectivity index is 2.03. The number of carbonyl (C=O) groups excluding carboxylic acids is 12. The van der Waals surface area contributed by atoms with E-state index in [4.69, 9.17) is 9.47 Å². The number of likely N-dealkylation sites (N-methyl/N-ethyl adjacent to an activating group) is 5. The second-order valence-corrected chi connectivity index (χ2v) is 33.5. The zero-order valence-corrected chi connectivity index (χ0v) is 67.9. The summed E-state index contributed by atoms with van der Waals surface area (Å²) in [6, 6.07) is -13.8. The summed E-state index contributed by atoms with van der Waals surface area (Å²) in [6.45, 7) is 23.5. The van der Waals surface area contributed by atoms with E-state index in [1.165, 1.54) is 73.6 Å². The van der Waals surface area contributed by atoms with Crippen LogP contribution >= 0.6 is 0 Å². The second kappa shape index (κ2) is 44.2. The number of rotatable bonds is 22. The third-order valence-corrected chi connectivity index (χ3v) is 21.2. The lowest BCUT2D eigenvalue weighted by atomic mass is 9.84. The zero-order chi connectivity index (χ0) is 79.6. The average Bonchev–Trinajstić information content (AvgIpc) is 0.819. The van der Waals surface area contributed by atoms with E-state index in [9.17, 15) is 24.6 Å². The number of aliphatic hydroxyl groups excluding tert-OH is 2. The number of carbonyl (C=O) groups is 12. The molecule has 0 radical (unpaired) electrons. The van der Waals surface area contributed by atoms with Crippen molar-refractivity contribution >= 4 is 70.9 Å². The molecule has 0 unspecified atom stereocenters. The highest BCUT2D eigenvalue weighted by molar-refractivity contribution is 6.00. The van der Waals surface area contributed by atoms with E-state index < -0.39 is 175 Å². The van der Waals surface area contributed by atoms with Crippen LogP contribution < -0.4 is 26.6 Å². The first-order chi connectivity index (χ1) is 49.7. The van der Waals surface area contributed by atoms with Crippen LogP contribution in [0.1, 0.15) is 232 Å². The molecule has 4 fully saturated rings. The van der Waals surface area contributed by atoms with Gasteiger partial charge in [0.1, 0.15) is 60.4 Å². The van der Waals surface area contributed by atoms with Gasteiger partial charge in [-0.2, -0.15) is 0 Å². The van der Waals surface area contributed by atoms with Crippen molar-refractivity contribution in [3.05, 3.63) is 0 Å². The minimum Gasteiger partial charge on any atom is -0.391 e. The molecule has 4 aliphatic rings. The number of unbranched alkanes of at least 4 members (excludes halogenated alkanes) is 1. The van der Waals surface area contributed by atoms with Gasteiger partial charge in [0, 0.05) is 54.9 Å². The van der Waals surface area contributed by atoms with Crippen LogP contribution in [0.25, 0.3) is 0 Å². The van der Waals surface area contributed by atoms with Gasteiger partial charge in [0.25, 0.3) is 0 Å². The summed E-state index contributed by atoms with van der Waals surface area (Å²) in [5.41, 5.74) is -0.846. The van der Waals surface area contributed by atoms with Crippen LogP contribution in [-0.2, 0) is 67.0 Å². The minimum absolute atomic E-state index is 0.00967. The molecule has 0 aromatic heterocycles. The summed E-state index contributed by atoms with van der Waals surface area (Å²) in [6.07, 6.45) is 9.04. The largest absolute Gasteiger partial charge is 0.391 e. The van der Waals surface area contributed by atoms with Crippen LogP contribution in [0.15, 0.2) is 0 Å². The number of amides is 12. The molecule has 0 spiro atoms. The maximum atomic E-state index is 15.7. The van der Waals surface area contributed by atoms with Gasteiger partial charge in [-0.3, -0.25) is 57.5 Å². The fourth-order valence-corrected chi connectivity index (χ4v) is 14.8. The minimum atomic E-state index is -1.68. The SMILES string of the molecule is CCCCN1CC(=O)N(C)[C@@H](CC(C)C)C(=O)N[C@@H](COC(C)(C)C)C(=O)N(C)[C@@H](CC2CCCCC2)C(=O)N(C)[C@@H](CC(C)C)C(=O)N[C@H](C(=O)N2CCCCC2)CC(=O)N[C@H](C(C)C)C(=O)N(C)[C@@H](CC2CCCCC2)C(=O)N[C@@H](COC[C@@H](C)O)C(=O)N(C)[C@@H](CC(C)C)C(=O)N[C@@H]([C@@H](C)O)C1=O. The predicted molar refractivity (Wildman–Crippen MR) is 404 cm³/mol. The average molecular weight is 1500 g/mol. The highest BCUT2D eigenvalue weighted by Crippen LogP contribution is 2.32. The van der Waals surface area contributed by atoms with Crippen molar-refractivity contribution in [2.75, 3.05) is 81.2 Å². The number of piperidine rings is 1.